The standard InChI is InChI=1S/C19H17F3N2O3S/c20-19(21,22)18-11-17(15-5-1-14(2-6-15)12-28(26)27)24(23-18)16-7-3-13(4-8-16)9-10-25/h1-8,11,25H,9-10,12H2,(H,26,27). The normalized spacial score (nSPS) is 12.9. The minimum atomic E-state index is -4.59. The molecule has 1 heterocycles. The van der Waals surface area contributed by atoms with Gasteiger partial charge in [-0.05, 0) is 35.7 Å². The van der Waals surface area contributed by atoms with Crippen molar-refractivity contribution < 1.29 is 27.0 Å². The van der Waals surface area contributed by atoms with Gasteiger partial charge < -0.3 is 9.66 Å². The molecule has 2 N–H and O–H groups in total. The van der Waals surface area contributed by atoms with Crippen LogP contribution in [-0.2, 0) is 29.4 Å². The van der Waals surface area contributed by atoms with E-state index in [1.54, 1.807) is 48.5 Å². The highest BCUT2D eigenvalue weighted by Crippen LogP contribution is 2.33. The van der Waals surface area contributed by atoms with Crippen LogP contribution >= 0.6 is 0 Å². The Labute approximate surface area is 161 Å². The predicted molar refractivity (Wildman–Crippen MR) is 99.3 cm³/mol. The van der Waals surface area contributed by atoms with Crippen LogP contribution in [-0.4, -0.2) is 30.3 Å². The Morgan fingerprint density at radius 2 is 1.61 bits per heavy atom. The quantitative estimate of drug-likeness (QED) is 0.606. The molecule has 1 unspecified atom stereocenters. The number of nitrogens with zero attached hydrogens (tertiary/aromatic N) is 2. The molecule has 0 saturated carbocycles. The summed E-state index contributed by atoms with van der Waals surface area (Å²) >= 11 is -2.00. The van der Waals surface area contributed by atoms with Crippen LogP contribution in [0.15, 0.2) is 54.6 Å². The van der Waals surface area contributed by atoms with Gasteiger partial charge in [0.1, 0.15) is 0 Å². The van der Waals surface area contributed by atoms with E-state index in [-0.39, 0.29) is 18.1 Å². The van der Waals surface area contributed by atoms with Gasteiger partial charge in [0.25, 0.3) is 0 Å². The molecule has 2 aromatic carbocycles. The Morgan fingerprint density at radius 1 is 1.00 bits per heavy atom. The number of rotatable bonds is 6. The lowest BCUT2D eigenvalue weighted by atomic mass is 10.1. The van der Waals surface area contributed by atoms with Gasteiger partial charge in [0.05, 0.1) is 17.1 Å². The maximum atomic E-state index is 13.2. The van der Waals surface area contributed by atoms with E-state index in [9.17, 15) is 17.4 Å². The summed E-state index contributed by atoms with van der Waals surface area (Å²) in [6, 6.07) is 14.1. The van der Waals surface area contributed by atoms with E-state index in [2.05, 4.69) is 5.10 Å². The number of halogens is 3. The van der Waals surface area contributed by atoms with E-state index in [4.69, 9.17) is 9.66 Å². The first-order valence-corrected chi connectivity index (χ1v) is 9.59. The summed E-state index contributed by atoms with van der Waals surface area (Å²) in [5.41, 5.74) is 1.64. The lowest BCUT2D eigenvalue weighted by molar-refractivity contribution is -0.141. The van der Waals surface area contributed by atoms with Crippen molar-refractivity contribution in [2.45, 2.75) is 18.3 Å². The second-order valence-electron chi connectivity index (χ2n) is 6.13. The zero-order valence-corrected chi connectivity index (χ0v) is 15.4. The molecule has 3 rings (SSSR count). The smallest absolute Gasteiger partial charge is 0.396 e. The molecule has 0 bridgehead atoms. The van der Waals surface area contributed by atoms with Gasteiger partial charge in [-0.25, -0.2) is 8.89 Å². The fourth-order valence-corrected chi connectivity index (χ4v) is 3.25. The molecule has 9 heteroatoms. The van der Waals surface area contributed by atoms with E-state index in [1.165, 1.54) is 4.68 Å². The first-order chi connectivity index (χ1) is 13.3. The van der Waals surface area contributed by atoms with Crippen molar-refractivity contribution in [1.82, 2.24) is 9.78 Å². The molecule has 3 aromatic rings. The lowest BCUT2D eigenvalue weighted by Gasteiger charge is -2.09. The van der Waals surface area contributed by atoms with Gasteiger partial charge in [0.2, 0.25) is 0 Å². The number of aliphatic hydroxyl groups is 1. The predicted octanol–water partition coefficient (Wildman–Crippen LogP) is 3.81. The van der Waals surface area contributed by atoms with Crippen molar-refractivity contribution in [3.05, 3.63) is 71.4 Å². The number of hydrogen-bond acceptors (Lipinski definition) is 3. The number of hydrogen-bond donors (Lipinski definition) is 2. The van der Waals surface area contributed by atoms with E-state index in [1.807, 2.05) is 0 Å². The van der Waals surface area contributed by atoms with Gasteiger partial charge in [-0.15, -0.1) is 0 Å². The number of aliphatic hydroxyl groups excluding tert-OH is 1. The maximum Gasteiger partial charge on any atom is 0.435 e. The molecule has 28 heavy (non-hydrogen) atoms. The molecule has 0 radical (unpaired) electrons. The highest BCUT2D eigenvalue weighted by molar-refractivity contribution is 7.78. The Hall–Kier alpha value is -2.49. The van der Waals surface area contributed by atoms with Gasteiger partial charge >= 0.3 is 6.18 Å². The molecular formula is C19H17F3N2O3S. The summed E-state index contributed by atoms with van der Waals surface area (Å²) < 4.78 is 60.7. The van der Waals surface area contributed by atoms with Gasteiger partial charge in [0.15, 0.2) is 16.8 Å². The Morgan fingerprint density at radius 3 is 2.14 bits per heavy atom. The summed E-state index contributed by atoms with van der Waals surface area (Å²) in [6.07, 6.45) is -4.14. The van der Waals surface area contributed by atoms with Crippen molar-refractivity contribution in [3.63, 3.8) is 0 Å². The van der Waals surface area contributed by atoms with Crippen molar-refractivity contribution in [2.75, 3.05) is 6.61 Å². The topological polar surface area (TPSA) is 75.3 Å². The minimum Gasteiger partial charge on any atom is -0.396 e. The highest BCUT2D eigenvalue weighted by Gasteiger charge is 2.35. The molecule has 0 saturated heterocycles. The van der Waals surface area contributed by atoms with Gasteiger partial charge in [0, 0.05) is 12.2 Å². The Balaban J connectivity index is 2.04. The van der Waals surface area contributed by atoms with Crippen LogP contribution in [0.25, 0.3) is 16.9 Å². The number of benzene rings is 2. The largest absolute Gasteiger partial charge is 0.435 e. The average Bonchev–Trinajstić information content (AvgIpc) is 3.08. The SMILES string of the molecule is O=S(O)Cc1ccc(-c2cc(C(F)(F)F)nn2-c2ccc(CCO)cc2)cc1. The summed E-state index contributed by atoms with van der Waals surface area (Å²) in [5.74, 6) is -0.0559. The van der Waals surface area contributed by atoms with E-state index in [0.29, 0.717) is 23.2 Å². The monoisotopic (exact) mass is 410 g/mol. The zero-order valence-electron chi connectivity index (χ0n) is 14.6. The van der Waals surface area contributed by atoms with Crippen molar-refractivity contribution in [2.24, 2.45) is 0 Å². The number of alkyl halides is 3. The Bertz CT molecular complexity index is 968. The highest BCUT2D eigenvalue weighted by atomic mass is 32.2. The third-order valence-corrected chi connectivity index (χ3v) is 4.70. The molecule has 1 aromatic heterocycles. The van der Waals surface area contributed by atoms with Crippen LogP contribution in [0, 0.1) is 0 Å². The molecule has 148 valence electrons. The summed E-state index contributed by atoms with van der Waals surface area (Å²) in [5, 5.41) is 12.7. The molecule has 0 fully saturated rings. The second kappa shape index (κ2) is 8.26. The van der Waals surface area contributed by atoms with Crippen LogP contribution in [0.5, 0.6) is 0 Å². The molecule has 0 amide bonds. The van der Waals surface area contributed by atoms with Crippen molar-refractivity contribution in [3.8, 4) is 16.9 Å². The minimum absolute atomic E-state index is 0.0183. The van der Waals surface area contributed by atoms with Gasteiger partial charge in [-0.1, -0.05) is 36.4 Å². The third kappa shape index (κ3) is 4.67. The average molecular weight is 410 g/mol. The zero-order chi connectivity index (χ0) is 20.3. The van der Waals surface area contributed by atoms with E-state index < -0.39 is 23.0 Å². The van der Waals surface area contributed by atoms with Crippen LogP contribution in [0.4, 0.5) is 13.2 Å². The lowest BCUT2D eigenvalue weighted by Crippen LogP contribution is -2.07. The summed E-state index contributed by atoms with van der Waals surface area (Å²) in [7, 11) is 0. The molecule has 0 aliphatic carbocycles. The van der Waals surface area contributed by atoms with Crippen LogP contribution in [0.3, 0.4) is 0 Å². The van der Waals surface area contributed by atoms with Gasteiger partial charge in [-0.2, -0.15) is 18.3 Å². The molecule has 5 nitrogen and oxygen atoms in total. The summed E-state index contributed by atoms with van der Waals surface area (Å²) in [4.78, 5) is 0. The molecule has 1 atom stereocenters. The maximum absolute atomic E-state index is 13.2. The molecule has 0 aliphatic rings. The van der Waals surface area contributed by atoms with Crippen LogP contribution in [0.1, 0.15) is 16.8 Å². The fraction of sp³-hybridized carbons (Fsp3) is 0.211. The first kappa shape index (κ1) is 20.2. The first-order valence-electron chi connectivity index (χ1n) is 8.32. The van der Waals surface area contributed by atoms with E-state index >= 15 is 0 Å². The third-order valence-electron chi connectivity index (χ3n) is 4.12. The van der Waals surface area contributed by atoms with E-state index in [0.717, 1.165) is 11.6 Å². The van der Waals surface area contributed by atoms with Crippen LogP contribution < -0.4 is 0 Å². The van der Waals surface area contributed by atoms with Crippen molar-refractivity contribution in [1.29, 1.82) is 0 Å². The summed E-state index contributed by atoms with van der Waals surface area (Å²) in [6.45, 7) is -0.0183. The molecule has 0 aliphatic heterocycles. The second-order valence-corrected chi connectivity index (χ2v) is 7.06. The van der Waals surface area contributed by atoms with Crippen molar-refractivity contribution >= 4 is 11.1 Å². The Kier molecular flexibility index (Phi) is 5.97. The van der Waals surface area contributed by atoms with Gasteiger partial charge in [-0.3, -0.25) is 0 Å². The molecule has 0 spiro atoms. The fourth-order valence-electron chi connectivity index (χ4n) is 2.77. The molecular weight excluding hydrogens is 393 g/mol. The number of aromatic nitrogens is 2. The van der Waals surface area contributed by atoms with Crippen LogP contribution in [0.2, 0.25) is 0 Å².